The third-order valence-corrected chi connectivity index (χ3v) is 3.82. The SMILES string of the molecule is O=C(N/N=C/C=C/c1ccc2c(c1)OCO2)[C@H]1COc2ccccc2O1. The molecule has 0 saturated carbocycles. The van der Waals surface area contributed by atoms with Crippen molar-refractivity contribution in [1.29, 1.82) is 0 Å². The van der Waals surface area contributed by atoms with Crippen molar-refractivity contribution in [2.75, 3.05) is 13.4 Å². The van der Waals surface area contributed by atoms with E-state index in [0.29, 0.717) is 17.2 Å². The number of amides is 1. The second kappa shape index (κ2) is 7.18. The summed E-state index contributed by atoms with van der Waals surface area (Å²) in [5.41, 5.74) is 3.38. The minimum absolute atomic E-state index is 0.144. The molecule has 2 heterocycles. The summed E-state index contributed by atoms with van der Waals surface area (Å²) < 4.78 is 21.7. The van der Waals surface area contributed by atoms with E-state index in [2.05, 4.69) is 10.5 Å². The number of para-hydroxylation sites is 2. The number of nitrogens with zero attached hydrogens (tertiary/aromatic N) is 1. The second-order valence-corrected chi connectivity index (χ2v) is 5.59. The van der Waals surface area contributed by atoms with Gasteiger partial charge in [0.15, 0.2) is 23.0 Å². The molecule has 0 aliphatic carbocycles. The lowest BCUT2D eigenvalue weighted by atomic mass is 10.2. The van der Waals surface area contributed by atoms with E-state index in [9.17, 15) is 4.79 Å². The molecule has 7 nitrogen and oxygen atoms in total. The molecule has 0 saturated heterocycles. The van der Waals surface area contributed by atoms with E-state index in [1.165, 1.54) is 6.21 Å². The van der Waals surface area contributed by atoms with Gasteiger partial charge in [0.25, 0.3) is 5.91 Å². The molecule has 0 spiro atoms. The summed E-state index contributed by atoms with van der Waals surface area (Å²) in [5.74, 6) is 2.26. The molecule has 0 fully saturated rings. The van der Waals surface area contributed by atoms with Crippen molar-refractivity contribution >= 4 is 18.2 Å². The molecule has 2 aliphatic heterocycles. The number of benzene rings is 2. The van der Waals surface area contributed by atoms with Crippen molar-refractivity contribution in [2.24, 2.45) is 5.10 Å². The normalized spacial score (nSPS) is 17.6. The maximum absolute atomic E-state index is 12.1. The summed E-state index contributed by atoms with van der Waals surface area (Å²) in [5, 5.41) is 3.89. The third kappa shape index (κ3) is 3.46. The average molecular weight is 352 g/mol. The first-order chi connectivity index (χ1) is 12.8. The lowest BCUT2D eigenvalue weighted by molar-refractivity contribution is -0.130. The number of fused-ring (bicyclic) bond motifs is 2. The quantitative estimate of drug-likeness (QED) is 0.675. The molecule has 132 valence electrons. The van der Waals surface area contributed by atoms with Crippen molar-refractivity contribution in [1.82, 2.24) is 5.43 Å². The maximum atomic E-state index is 12.1. The highest BCUT2D eigenvalue weighted by molar-refractivity contribution is 5.84. The van der Waals surface area contributed by atoms with Crippen LogP contribution in [-0.2, 0) is 4.79 Å². The molecule has 1 N–H and O–H groups in total. The highest BCUT2D eigenvalue weighted by Gasteiger charge is 2.26. The van der Waals surface area contributed by atoms with Crippen molar-refractivity contribution in [2.45, 2.75) is 6.10 Å². The zero-order valence-electron chi connectivity index (χ0n) is 13.8. The van der Waals surface area contributed by atoms with Crippen LogP contribution in [0.5, 0.6) is 23.0 Å². The van der Waals surface area contributed by atoms with Crippen molar-refractivity contribution in [3.63, 3.8) is 0 Å². The topological polar surface area (TPSA) is 78.4 Å². The van der Waals surface area contributed by atoms with Crippen molar-refractivity contribution < 1.29 is 23.7 Å². The zero-order valence-corrected chi connectivity index (χ0v) is 13.8. The van der Waals surface area contributed by atoms with Gasteiger partial charge in [-0.1, -0.05) is 24.3 Å². The maximum Gasteiger partial charge on any atom is 0.284 e. The molecular weight excluding hydrogens is 336 g/mol. The predicted octanol–water partition coefficient (Wildman–Crippen LogP) is 2.37. The molecule has 2 aromatic carbocycles. The highest BCUT2D eigenvalue weighted by Crippen LogP contribution is 2.33. The molecule has 1 amide bonds. The van der Waals surface area contributed by atoms with Gasteiger partial charge in [-0.3, -0.25) is 4.79 Å². The molecule has 0 radical (unpaired) electrons. The first-order valence-corrected chi connectivity index (χ1v) is 8.07. The van der Waals surface area contributed by atoms with E-state index in [1.54, 1.807) is 18.2 Å². The van der Waals surface area contributed by atoms with Crippen LogP contribution in [0.25, 0.3) is 6.08 Å². The summed E-state index contributed by atoms with van der Waals surface area (Å²) in [7, 11) is 0. The van der Waals surface area contributed by atoms with E-state index in [4.69, 9.17) is 18.9 Å². The van der Waals surface area contributed by atoms with Gasteiger partial charge < -0.3 is 18.9 Å². The molecule has 26 heavy (non-hydrogen) atoms. The lowest BCUT2D eigenvalue weighted by Crippen LogP contribution is -2.42. The molecule has 0 aromatic heterocycles. The molecule has 1 atom stereocenters. The number of hydrogen-bond donors (Lipinski definition) is 1. The van der Waals surface area contributed by atoms with Crippen LogP contribution in [0.15, 0.2) is 53.6 Å². The Labute approximate surface area is 149 Å². The molecule has 2 aliphatic rings. The Morgan fingerprint density at radius 1 is 1.04 bits per heavy atom. The minimum Gasteiger partial charge on any atom is -0.485 e. The van der Waals surface area contributed by atoms with Crippen LogP contribution in [-0.4, -0.2) is 31.6 Å². The number of carbonyl (C=O) groups is 1. The summed E-state index contributed by atoms with van der Waals surface area (Å²) in [4.78, 5) is 12.1. The van der Waals surface area contributed by atoms with E-state index in [1.807, 2.05) is 36.4 Å². The molecule has 0 unspecified atom stereocenters. The predicted molar refractivity (Wildman–Crippen MR) is 94.6 cm³/mol. The van der Waals surface area contributed by atoms with Crippen LogP contribution >= 0.6 is 0 Å². The van der Waals surface area contributed by atoms with Gasteiger partial charge in [-0.2, -0.15) is 5.10 Å². The van der Waals surface area contributed by atoms with Crippen LogP contribution < -0.4 is 24.4 Å². The largest absolute Gasteiger partial charge is 0.485 e. The summed E-state index contributed by atoms with van der Waals surface area (Å²) in [6, 6.07) is 12.8. The summed E-state index contributed by atoms with van der Waals surface area (Å²) >= 11 is 0. The lowest BCUT2D eigenvalue weighted by Gasteiger charge is -2.24. The van der Waals surface area contributed by atoms with Crippen molar-refractivity contribution in [3.05, 3.63) is 54.1 Å². The summed E-state index contributed by atoms with van der Waals surface area (Å²) in [6.45, 7) is 0.388. The Morgan fingerprint density at radius 2 is 1.85 bits per heavy atom. The third-order valence-electron chi connectivity index (χ3n) is 3.82. The Hall–Kier alpha value is -3.48. The fraction of sp³-hybridized carbons (Fsp3) is 0.158. The Balaban J connectivity index is 1.29. The van der Waals surface area contributed by atoms with Crippen LogP contribution in [0.3, 0.4) is 0 Å². The number of rotatable bonds is 4. The number of hydrazone groups is 1. The van der Waals surface area contributed by atoms with E-state index in [-0.39, 0.29) is 19.3 Å². The van der Waals surface area contributed by atoms with Crippen LogP contribution in [0, 0.1) is 0 Å². The van der Waals surface area contributed by atoms with Crippen LogP contribution in [0.1, 0.15) is 5.56 Å². The molecule has 4 rings (SSSR count). The Morgan fingerprint density at radius 3 is 2.77 bits per heavy atom. The van der Waals surface area contributed by atoms with Gasteiger partial charge in [0.1, 0.15) is 6.61 Å². The fourth-order valence-electron chi connectivity index (χ4n) is 2.54. The van der Waals surface area contributed by atoms with E-state index >= 15 is 0 Å². The number of carbonyl (C=O) groups excluding carboxylic acids is 1. The van der Waals surface area contributed by atoms with Gasteiger partial charge in [-0.05, 0) is 35.9 Å². The second-order valence-electron chi connectivity index (χ2n) is 5.59. The smallest absolute Gasteiger partial charge is 0.284 e. The van der Waals surface area contributed by atoms with Gasteiger partial charge >= 0.3 is 0 Å². The number of allylic oxidation sites excluding steroid dienone is 1. The van der Waals surface area contributed by atoms with Crippen molar-refractivity contribution in [3.8, 4) is 23.0 Å². The van der Waals surface area contributed by atoms with Gasteiger partial charge in [-0.25, -0.2) is 5.43 Å². The highest BCUT2D eigenvalue weighted by atomic mass is 16.7. The van der Waals surface area contributed by atoms with Gasteiger partial charge in [0.05, 0.1) is 0 Å². The Kier molecular flexibility index (Phi) is 4.42. The van der Waals surface area contributed by atoms with Gasteiger partial charge in [0.2, 0.25) is 12.9 Å². The molecular formula is C19H16N2O5. The first-order valence-electron chi connectivity index (χ1n) is 8.07. The molecule has 2 aromatic rings. The molecule has 7 heteroatoms. The van der Waals surface area contributed by atoms with Gasteiger partial charge in [0, 0.05) is 6.21 Å². The standard InChI is InChI=1S/C19H16N2O5/c22-19(18-11-23-14-5-1-2-6-16(14)26-18)21-20-9-3-4-13-7-8-15-17(10-13)25-12-24-15/h1-10,18H,11-12H2,(H,21,22)/b4-3+,20-9+/t18-/m1/s1. The summed E-state index contributed by atoms with van der Waals surface area (Å²) in [6.07, 6.45) is 4.30. The number of hydrogen-bond acceptors (Lipinski definition) is 6. The zero-order chi connectivity index (χ0) is 17.8. The average Bonchev–Trinajstić information content (AvgIpc) is 3.15. The molecule has 0 bridgehead atoms. The Bertz CT molecular complexity index is 878. The van der Waals surface area contributed by atoms with Crippen LogP contribution in [0.4, 0.5) is 0 Å². The minimum atomic E-state index is -0.736. The van der Waals surface area contributed by atoms with E-state index < -0.39 is 6.10 Å². The van der Waals surface area contributed by atoms with Gasteiger partial charge in [-0.15, -0.1) is 0 Å². The first kappa shape index (κ1) is 16.0. The number of nitrogens with one attached hydrogen (secondary N) is 1. The fourth-order valence-corrected chi connectivity index (χ4v) is 2.54. The van der Waals surface area contributed by atoms with E-state index in [0.717, 1.165) is 11.3 Å². The monoisotopic (exact) mass is 352 g/mol. The van der Waals surface area contributed by atoms with Crippen LogP contribution in [0.2, 0.25) is 0 Å². The number of ether oxygens (including phenoxy) is 4.